The highest BCUT2D eigenvalue weighted by atomic mass is 31.2. The molecular weight excluding hydrogens is 843 g/mol. The molecule has 1 saturated carbocycles. The van der Waals surface area contributed by atoms with Crippen LogP contribution in [0.3, 0.4) is 0 Å². The second-order valence-corrected chi connectivity index (χ2v) is 17.8. The molecule has 1 rings (SSSR count). The molecule has 0 aromatic heterocycles. The Hall–Kier alpha value is -2.75. The molecule has 0 bridgehead atoms. The first kappa shape index (κ1) is 59.3. The van der Waals surface area contributed by atoms with Crippen LogP contribution in [0, 0.1) is 0 Å². The van der Waals surface area contributed by atoms with E-state index in [0.29, 0.717) is 32.1 Å². The van der Waals surface area contributed by atoms with Gasteiger partial charge in [0.25, 0.3) is 0 Å². The lowest BCUT2D eigenvalue weighted by molar-refractivity contribution is -0.220. The lowest BCUT2D eigenvalue weighted by Crippen LogP contribution is -2.64. The first-order valence-electron chi connectivity index (χ1n) is 23.8. The monoisotopic (exact) mass is 927 g/mol. The topological polar surface area (TPSA) is 230 Å². The zero-order chi connectivity index (χ0) is 47.3. The molecular formula is C49H83O14P. The van der Waals surface area contributed by atoms with Gasteiger partial charge >= 0.3 is 19.8 Å². The number of hydrogen-bond acceptors (Lipinski definition) is 13. The van der Waals surface area contributed by atoms with Gasteiger partial charge in [-0.1, -0.05) is 177 Å². The third-order valence-corrected chi connectivity index (χ3v) is 11.6. The molecule has 7 atom stereocenters. The number of phosphoric acid groups is 1. The SMILES string of the molecule is CC/C=C\C/C=C\CC(O)/C=C/C=C\C/C=C\C/C=C\CCC(=O)OC(COC(=O)CCCCCCCCCCCCCCCCC)COP(=O)(O)OC1C(O)C(O)C(O)C(O)C1O. The summed E-state index contributed by atoms with van der Waals surface area (Å²) >= 11 is 0. The van der Waals surface area contributed by atoms with Crippen LogP contribution in [-0.4, -0.2) is 110 Å². The molecule has 15 heteroatoms. The maximum absolute atomic E-state index is 12.8. The Labute approximate surface area is 383 Å². The number of hydrogen-bond donors (Lipinski definition) is 7. The van der Waals surface area contributed by atoms with Crippen molar-refractivity contribution in [3.63, 3.8) is 0 Å². The summed E-state index contributed by atoms with van der Waals surface area (Å²) in [5.74, 6) is -1.23. The third kappa shape index (κ3) is 30.5. The Balaban J connectivity index is 2.53. The van der Waals surface area contributed by atoms with Crippen molar-refractivity contribution in [3.8, 4) is 0 Å². The van der Waals surface area contributed by atoms with Crippen LogP contribution >= 0.6 is 7.82 Å². The van der Waals surface area contributed by atoms with Crippen LogP contribution in [0.1, 0.15) is 162 Å². The molecule has 7 N–H and O–H groups in total. The molecule has 0 aromatic rings. The number of allylic oxidation sites excluding steroid dienone is 10. The zero-order valence-corrected chi connectivity index (χ0v) is 39.6. The second kappa shape index (κ2) is 38.4. The number of aliphatic hydroxyl groups is 6. The summed E-state index contributed by atoms with van der Waals surface area (Å²) in [6, 6.07) is 0. The van der Waals surface area contributed by atoms with Crippen LogP contribution in [-0.2, 0) is 32.7 Å². The first-order valence-corrected chi connectivity index (χ1v) is 25.3. The van der Waals surface area contributed by atoms with E-state index in [2.05, 4.69) is 26.0 Å². The van der Waals surface area contributed by atoms with E-state index in [0.717, 1.165) is 32.1 Å². The first-order chi connectivity index (χ1) is 30.8. The predicted octanol–water partition coefficient (Wildman–Crippen LogP) is 8.47. The van der Waals surface area contributed by atoms with Crippen molar-refractivity contribution in [2.45, 2.75) is 210 Å². The predicted molar refractivity (Wildman–Crippen MR) is 250 cm³/mol. The molecule has 1 fully saturated rings. The minimum absolute atomic E-state index is 0.0533. The normalized spacial score (nSPS) is 22.7. The van der Waals surface area contributed by atoms with E-state index in [1.54, 1.807) is 12.2 Å². The van der Waals surface area contributed by atoms with E-state index in [4.69, 9.17) is 18.5 Å². The third-order valence-electron chi connectivity index (χ3n) is 10.7. The van der Waals surface area contributed by atoms with Gasteiger partial charge in [-0.3, -0.25) is 18.6 Å². The van der Waals surface area contributed by atoms with E-state index >= 15 is 0 Å². The summed E-state index contributed by atoms with van der Waals surface area (Å²) in [5, 5.41) is 60.2. The molecule has 0 radical (unpaired) electrons. The lowest BCUT2D eigenvalue weighted by Gasteiger charge is -2.41. The van der Waals surface area contributed by atoms with Gasteiger partial charge in [0.1, 0.15) is 43.2 Å². The molecule has 0 amide bonds. The minimum Gasteiger partial charge on any atom is -0.462 e. The van der Waals surface area contributed by atoms with Crippen LogP contribution in [0.4, 0.5) is 0 Å². The van der Waals surface area contributed by atoms with Gasteiger partial charge in [-0.15, -0.1) is 0 Å². The number of rotatable bonds is 38. The standard InChI is InChI=1S/C49H83O14P/c1-3-5-7-9-11-12-13-14-15-16-17-21-24-28-32-36-42(51)60-38-41(39-61-64(58,59)63-49-47(56)45(54)44(53)46(55)48(49)57)62-43(52)37-33-29-25-22-19-18-20-23-27-31-35-40(50)34-30-26-10-8-6-4-2/h6,8,18-19,23,25-27,29-31,35,40-41,44-50,53-57H,3-5,7,9-17,20-22,24,28,32-34,36-39H2,1-2H3,(H,58,59)/b8-6-,19-18-,27-23-,29-25-,30-26-,35-31+. The number of carbonyl (C=O) groups is 2. The van der Waals surface area contributed by atoms with Crippen molar-refractivity contribution < 1.29 is 68.2 Å². The van der Waals surface area contributed by atoms with Gasteiger partial charge in [-0.05, 0) is 44.9 Å². The fourth-order valence-electron chi connectivity index (χ4n) is 6.81. The van der Waals surface area contributed by atoms with E-state index in [1.807, 2.05) is 48.6 Å². The summed E-state index contributed by atoms with van der Waals surface area (Å²) in [4.78, 5) is 35.7. The number of esters is 2. The fraction of sp³-hybridized carbons (Fsp3) is 0.714. The number of unbranched alkanes of at least 4 members (excludes halogenated alkanes) is 14. The molecule has 0 heterocycles. The highest BCUT2D eigenvalue weighted by Crippen LogP contribution is 2.47. The van der Waals surface area contributed by atoms with Crippen LogP contribution in [0.2, 0.25) is 0 Å². The van der Waals surface area contributed by atoms with Gasteiger partial charge < -0.3 is 45.0 Å². The van der Waals surface area contributed by atoms with E-state index < -0.39 is 81.8 Å². The Bertz CT molecular complexity index is 1410. The molecule has 0 saturated heterocycles. The van der Waals surface area contributed by atoms with Gasteiger partial charge in [0.15, 0.2) is 6.10 Å². The maximum Gasteiger partial charge on any atom is 0.472 e. The van der Waals surface area contributed by atoms with E-state index in [9.17, 15) is 49.7 Å². The Morgan fingerprint density at radius 3 is 1.66 bits per heavy atom. The van der Waals surface area contributed by atoms with Gasteiger partial charge in [-0.25, -0.2) is 4.57 Å². The number of aliphatic hydroxyl groups excluding tert-OH is 6. The van der Waals surface area contributed by atoms with Crippen molar-refractivity contribution in [2.75, 3.05) is 13.2 Å². The molecule has 0 aliphatic heterocycles. The average Bonchev–Trinajstić information content (AvgIpc) is 3.27. The van der Waals surface area contributed by atoms with Gasteiger partial charge in [0, 0.05) is 12.8 Å². The van der Waals surface area contributed by atoms with Gasteiger partial charge in [0.2, 0.25) is 0 Å². The van der Waals surface area contributed by atoms with Crippen LogP contribution in [0.5, 0.6) is 0 Å². The minimum atomic E-state index is -5.15. The quantitative estimate of drug-likeness (QED) is 0.0101. The second-order valence-electron chi connectivity index (χ2n) is 16.4. The van der Waals surface area contributed by atoms with Crippen LogP contribution in [0.25, 0.3) is 0 Å². The van der Waals surface area contributed by atoms with Crippen molar-refractivity contribution >= 4 is 19.8 Å². The molecule has 1 aliphatic rings. The summed E-state index contributed by atoms with van der Waals surface area (Å²) in [5.41, 5.74) is 0. The molecule has 1 aliphatic carbocycles. The zero-order valence-electron chi connectivity index (χ0n) is 38.7. The summed E-state index contributed by atoms with van der Waals surface area (Å²) in [6.45, 7) is 3.06. The van der Waals surface area contributed by atoms with Gasteiger partial charge in [0.05, 0.1) is 12.7 Å². The van der Waals surface area contributed by atoms with Crippen molar-refractivity contribution in [2.24, 2.45) is 0 Å². The van der Waals surface area contributed by atoms with Gasteiger partial charge in [-0.2, -0.15) is 0 Å². The average molecular weight is 927 g/mol. The molecule has 0 aromatic carbocycles. The van der Waals surface area contributed by atoms with E-state index in [1.165, 1.54) is 70.6 Å². The summed E-state index contributed by atoms with van der Waals surface area (Å²) in [6.07, 6.45) is 31.3. The molecule has 14 nitrogen and oxygen atoms in total. The van der Waals surface area contributed by atoms with Crippen molar-refractivity contribution in [1.29, 1.82) is 0 Å². The van der Waals surface area contributed by atoms with Crippen LogP contribution < -0.4 is 0 Å². The smallest absolute Gasteiger partial charge is 0.462 e. The Morgan fingerprint density at radius 2 is 1.08 bits per heavy atom. The Morgan fingerprint density at radius 1 is 0.578 bits per heavy atom. The molecule has 7 unspecified atom stereocenters. The number of carbonyl (C=O) groups excluding carboxylic acids is 2. The molecule has 368 valence electrons. The highest BCUT2D eigenvalue weighted by molar-refractivity contribution is 7.47. The van der Waals surface area contributed by atoms with Crippen molar-refractivity contribution in [1.82, 2.24) is 0 Å². The summed E-state index contributed by atoms with van der Waals surface area (Å²) < 4.78 is 33.4. The largest absolute Gasteiger partial charge is 0.472 e. The van der Waals surface area contributed by atoms with Crippen molar-refractivity contribution in [3.05, 3.63) is 72.9 Å². The molecule has 0 spiro atoms. The lowest BCUT2D eigenvalue weighted by atomic mass is 9.85. The number of ether oxygens (including phenoxy) is 2. The molecule has 64 heavy (non-hydrogen) atoms. The Kier molecular flexibility index (Phi) is 35.5. The maximum atomic E-state index is 12.8. The fourth-order valence-corrected chi connectivity index (χ4v) is 7.78. The number of phosphoric ester groups is 1. The highest BCUT2D eigenvalue weighted by Gasteiger charge is 2.51. The van der Waals surface area contributed by atoms with E-state index in [-0.39, 0.29) is 12.8 Å². The summed E-state index contributed by atoms with van der Waals surface area (Å²) in [7, 11) is -5.15. The van der Waals surface area contributed by atoms with Crippen LogP contribution in [0.15, 0.2) is 72.9 Å².